The van der Waals surface area contributed by atoms with Crippen LogP contribution in [0.25, 0.3) is 0 Å². The van der Waals surface area contributed by atoms with Crippen LogP contribution in [0.4, 0.5) is 8.78 Å². The summed E-state index contributed by atoms with van der Waals surface area (Å²) in [7, 11) is 0. The van der Waals surface area contributed by atoms with Gasteiger partial charge in [-0.2, -0.15) is 8.78 Å². The van der Waals surface area contributed by atoms with Crippen LogP contribution in [0.5, 0.6) is 5.75 Å². The molecule has 0 fully saturated rings. The first-order valence-corrected chi connectivity index (χ1v) is 4.58. The summed E-state index contributed by atoms with van der Waals surface area (Å²) in [5, 5.41) is 0. The van der Waals surface area contributed by atoms with Crippen molar-refractivity contribution in [2.75, 3.05) is 0 Å². The normalized spacial score (nSPS) is 12.5. The summed E-state index contributed by atoms with van der Waals surface area (Å²) in [6.45, 7) is -2.93. The van der Waals surface area contributed by atoms with E-state index in [4.69, 9.17) is 11.5 Å². The lowest BCUT2D eigenvalue weighted by Gasteiger charge is -2.15. The van der Waals surface area contributed by atoms with E-state index < -0.39 is 18.6 Å². The molecule has 1 rings (SSSR count). The number of carbonyl (C=O) groups excluding carboxylic acids is 1. The van der Waals surface area contributed by atoms with Gasteiger partial charge in [0.15, 0.2) is 0 Å². The second kappa shape index (κ2) is 5.41. The lowest BCUT2D eigenvalue weighted by Crippen LogP contribution is -2.21. The highest BCUT2D eigenvalue weighted by Crippen LogP contribution is 2.26. The van der Waals surface area contributed by atoms with Crippen LogP contribution >= 0.6 is 0 Å². The van der Waals surface area contributed by atoms with Crippen LogP contribution in [0.15, 0.2) is 24.3 Å². The average Bonchev–Trinajstić information content (AvgIpc) is 2.16. The maximum atomic E-state index is 12.1. The molecule has 0 aliphatic carbocycles. The van der Waals surface area contributed by atoms with Gasteiger partial charge in [0.05, 0.1) is 0 Å². The second-order valence-electron chi connectivity index (χ2n) is 3.19. The molecule has 0 radical (unpaired) electrons. The maximum absolute atomic E-state index is 12.1. The number of rotatable bonds is 5. The third kappa shape index (κ3) is 3.47. The van der Waals surface area contributed by atoms with E-state index in [1.165, 1.54) is 18.2 Å². The van der Waals surface area contributed by atoms with E-state index in [2.05, 4.69) is 4.74 Å². The molecule has 0 spiro atoms. The summed E-state index contributed by atoms with van der Waals surface area (Å²) in [4.78, 5) is 10.7. The zero-order valence-corrected chi connectivity index (χ0v) is 8.40. The number of hydrogen-bond acceptors (Lipinski definition) is 3. The number of primary amides is 1. The van der Waals surface area contributed by atoms with Crippen molar-refractivity contribution < 1.29 is 18.3 Å². The van der Waals surface area contributed by atoms with Crippen molar-refractivity contribution in [1.82, 2.24) is 0 Å². The van der Waals surface area contributed by atoms with Crippen LogP contribution in [0, 0.1) is 0 Å². The van der Waals surface area contributed by atoms with Gasteiger partial charge in [0.25, 0.3) is 0 Å². The van der Waals surface area contributed by atoms with Gasteiger partial charge in [-0.1, -0.05) is 18.2 Å². The van der Waals surface area contributed by atoms with Crippen molar-refractivity contribution in [3.8, 4) is 5.75 Å². The summed E-state index contributed by atoms with van der Waals surface area (Å²) in [6, 6.07) is 5.30. The molecule has 0 aliphatic heterocycles. The number of benzene rings is 1. The van der Waals surface area contributed by atoms with Gasteiger partial charge in [-0.3, -0.25) is 4.79 Å². The van der Waals surface area contributed by atoms with Crippen LogP contribution in [0.3, 0.4) is 0 Å². The quantitative estimate of drug-likeness (QED) is 0.796. The van der Waals surface area contributed by atoms with E-state index in [0.29, 0.717) is 5.56 Å². The zero-order chi connectivity index (χ0) is 12.1. The number of alkyl halides is 2. The van der Waals surface area contributed by atoms with Gasteiger partial charge in [-0.25, -0.2) is 0 Å². The Kier molecular flexibility index (Phi) is 4.19. The fourth-order valence-electron chi connectivity index (χ4n) is 1.32. The molecule has 4 N–H and O–H groups in total. The predicted molar refractivity (Wildman–Crippen MR) is 53.8 cm³/mol. The molecule has 6 heteroatoms. The molecule has 1 aromatic carbocycles. The molecule has 88 valence electrons. The Bertz CT molecular complexity index is 372. The molecule has 0 heterocycles. The topological polar surface area (TPSA) is 78.3 Å². The molecular weight excluding hydrogens is 218 g/mol. The van der Waals surface area contributed by atoms with Crippen molar-refractivity contribution in [2.45, 2.75) is 19.1 Å². The van der Waals surface area contributed by atoms with Crippen molar-refractivity contribution in [2.24, 2.45) is 11.5 Å². The van der Waals surface area contributed by atoms with Crippen LogP contribution in [-0.4, -0.2) is 12.5 Å². The minimum atomic E-state index is -2.93. The maximum Gasteiger partial charge on any atom is 0.387 e. The number of amides is 1. The van der Waals surface area contributed by atoms with Gasteiger partial charge >= 0.3 is 6.61 Å². The molecule has 4 nitrogen and oxygen atoms in total. The van der Waals surface area contributed by atoms with Crippen molar-refractivity contribution in [1.29, 1.82) is 0 Å². The Hall–Kier alpha value is -1.69. The fourth-order valence-corrected chi connectivity index (χ4v) is 1.32. The Labute approximate surface area is 91.2 Å². The molecule has 0 aromatic heterocycles. The molecular formula is C10H12F2N2O2. The van der Waals surface area contributed by atoms with Gasteiger partial charge in [0, 0.05) is 18.0 Å². The Balaban J connectivity index is 2.89. The second-order valence-corrected chi connectivity index (χ2v) is 3.19. The standard InChI is InChI=1S/C10H12F2N2O2/c11-10(12)16-8-4-2-1-3-6(8)7(13)5-9(14)15/h1-4,7,10H,5,13H2,(H2,14,15). The predicted octanol–water partition coefficient (Wildman–Crippen LogP) is 1.16. The molecule has 1 amide bonds. The number of halogens is 2. The smallest absolute Gasteiger partial charge is 0.387 e. The lowest BCUT2D eigenvalue weighted by atomic mass is 10.0. The summed E-state index contributed by atoms with van der Waals surface area (Å²) in [5.41, 5.74) is 11.0. The largest absolute Gasteiger partial charge is 0.434 e. The molecule has 0 saturated carbocycles. The molecule has 1 aromatic rings. The molecule has 0 aliphatic rings. The van der Waals surface area contributed by atoms with Gasteiger partial charge in [-0.15, -0.1) is 0 Å². The summed E-state index contributed by atoms with van der Waals surface area (Å²) in [5.74, 6) is -0.634. The highest BCUT2D eigenvalue weighted by atomic mass is 19.3. The molecule has 0 saturated heterocycles. The Morgan fingerprint density at radius 2 is 2.00 bits per heavy atom. The average molecular weight is 230 g/mol. The zero-order valence-electron chi connectivity index (χ0n) is 8.40. The van der Waals surface area contributed by atoms with Gasteiger partial charge in [-0.05, 0) is 6.07 Å². The van der Waals surface area contributed by atoms with Crippen LogP contribution in [0.2, 0.25) is 0 Å². The SMILES string of the molecule is NC(=O)CC(N)c1ccccc1OC(F)F. The first kappa shape index (κ1) is 12.4. The van der Waals surface area contributed by atoms with Gasteiger partial charge in [0.2, 0.25) is 5.91 Å². The summed E-state index contributed by atoms with van der Waals surface area (Å²) >= 11 is 0. The fraction of sp³-hybridized carbons (Fsp3) is 0.300. The number of nitrogens with two attached hydrogens (primary N) is 2. The lowest BCUT2D eigenvalue weighted by molar-refractivity contribution is -0.118. The van der Waals surface area contributed by atoms with Gasteiger partial charge in [0.1, 0.15) is 5.75 Å². The number of hydrogen-bond donors (Lipinski definition) is 2. The first-order chi connectivity index (χ1) is 7.50. The molecule has 0 bridgehead atoms. The monoisotopic (exact) mass is 230 g/mol. The first-order valence-electron chi connectivity index (χ1n) is 4.58. The number of carbonyl (C=O) groups is 1. The van der Waals surface area contributed by atoms with E-state index in [-0.39, 0.29) is 12.2 Å². The highest BCUT2D eigenvalue weighted by molar-refractivity contribution is 5.74. The minimum Gasteiger partial charge on any atom is -0.434 e. The van der Waals surface area contributed by atoms with E-state index in [0.717, 1.165) is 0 Å². The number of ether oxygens (including phenoxy) is 1. The highest BCUT2D eigenvalue weighted by Gasteiger charge is 2.16. The van der Waals surface area contributed by atoms with Crippen molar-refractivity contribution in [3.05, 3.63) is 29.8 Å². The van der Waals surface area contributed by atoms with Gasteiger partial charge < -0.3 is 16.2 Å². The Morgan fingerprint density at radius 3 is 2.56 bits per heavy atom. The third-order valence-corrected chi connectivity index (χ3v) is 1.96. The number of para-hydroxylation sites is 1. The molecule has 1 unspecified atom stereocenters. The van der Waals surface area contributed by atoms with E-state index in [1.54, 1.807) is 6.07 Å². The van der Waals surface area contributed by atoms with Crippen LogP contribution < -0.4 is 16.2 Å². The molecule has 1 atom stereocenters. The summed E-state index contributed by atoms with van der Waals surface area (Å²) < 4.78 is 28.4. The third-order valence-electron chi connectivity index (χ3n) is 1.96. The Morgan fingerprint density at radius 1 is 1.38 bits per heavy atom. The molecule has 16 heavy (non-hydrogen) atoms. The minimum absolute atomic E-state index is 0.0359. The summed E-state index contributed by atoms with van der Waals surface area (Å²) in [6.07, 6.45) is -0.121. The van der Waals surface area contributed by atoms with Crippen molar-refractivity contribution in [3.63, 3.8) is 0 Å². The van der Waals surface area contributed by atoms with E-state index >= 15 is 0 Å². The van der Waals surface area contributed by atoms with E-state index in [9.17, 15) is 13.6 Å². The van der Waals surface area contributed by atoms with Crippen LogP contribution in [-0.2, 0) is 4.79 Å². The van der Waals surface area contributed by atoms with Crippen molar-refractivity contribution >= 4 is 5.91 Å². The van der Waals surface area contributed by atoms with E-state index in [1.807, 2.05) is 0 Å². The van der Waals surface area contributed by atoms with Crippen LogP contribution in [0.1, 0.15) is 18.0 Å².